The van der Waals surface area contributed by atoms with Gasteiger partial charge in [-0.05, 0) is 6.08 Å². The lowest BCUT2D eigenvalue weighted by Gasteiger charge is -1.80. The zero-order valence-electron chi connectivity index (χ0n) is 5.00. The van der Waals surface area contributed by atoms with Crippen molar-refractivity contribution in [2.45, 2.75) is 0 Å². The summed E-state index contributed by atoms with van der Waals surface area (Å²) >= 11 is 0. The smallest absolute Gasteiger partial charge is 0.203 e. The lowest BCUT2D eigenvalue weighted by atomic mass is 10.5. The molecule has 0 aliphatic rings. The van der Waals surface area contributed by atoms with Crippen molar-refractivity contribution < 1.29 is 4.43 Å². The predicted molar refractivity (Wildman–Crippen MR) is 39.5 cm³/mol. The third-order valence-electron chi connectivity index (χ3n) is 0.573. The fraction of sp³-hybridized carbons (Fsp3) is 0. The lowest BCUT2D eigenvalue weighted by molar-refractivity contribution is 0.535. The molecular formula is C6H10OSi. The highest BCUT2D eigenvalue weighted by Gasteiger charge is 1.57. The molecule has 0 rings (SSSR count). The van der Waals surface area contributed by atoms with E-state index in [1.807, 2.05) is 18.2 Å². The van der Waals surface area contributed by atoms with Crippen molar-refractivity contribution in [3.63, 3.8) is 0 Å². The number of allylic oxidation sites excluding steroid dienone is 4. The molecule has 0 unspecified atom stereocenters. The summed E-state index contributed by atoms with van der Waals surface area (Å²) in [5, 5.41) is 0. The van der Waals surface area contributed by atoms with E-state index >= 15 is 0 Å². The highest BCUT2D eigenvalue weighted by Crippen LogP contribution is 1.76. The van der Waals surface area contributed by atoms with Gasteiger partial charge in [0.15, 0.2) is 0 Å². The van der Waals surface area contributed by atoms with Crippen LogP contribution in [0.15, 0.2) is 37.1 Å². The van der Waals surface area contributed by atoms with Crippen LogP contribution in [-0.4, -0.2) is 10.5 Å². The number of hydrogen-bond donors (Lipinski definition) is 0. The molecule has 0 fully saturated rings. The summed E-state index contributed by atoms with van der Waals surface area (Å²) in [4.78, 5) is 0. The van der Waals surface area contributed by atoms with Crippen LogP contribution in [0.5, 0.6) is 0 Å². The third-order valence-corrected chi connectivity index (χ3v) is 0.845. The van der Waals surface area contributed by atoms with Gasteiger partial charge in [-0.1, -0.05) is 24.8 Å². The van der Waals surface area contributed by atoms with Gasteiger partial charge in [-0.2, -0.15) is 0 Å². The number of rotatable bonds is 3. The maximum absolute atomic E-state index is 4.76. The Kier molecular flexibility index (Phi) is 5.64. The first kappa shape index (κ1) is 7.24. The van der Waals surface area contributed by atoms with Gasteiger partial charge in [-0.15, -0.1) is 0 Å². The van der Waals surface area contributed by atoms with Gasteiger partial charge in [0, 0.05) is 0 Å². The topological polar surface area (TPSA) is 9.23 Å². The van der Waals surface area contributed by atoms with E-state index in [9.17, 15) is 0 Å². The normalized spacial score (nSPS) is 11.0. The van der Waals surface area contributed by atoms with E-state index in [1.54, 1.807) is 12.3 Å². The second kappa shape index (κ2) is 6.24. The van der Waals surface area contributed by atoms with Crippen LogP contribution in [0.3, 0.4) is 0 Å². The van der Waals surface area contributed by atoms with Crippen LogP contribution in [0.1, 0.15) is 0 Å². The van der Waals surface area contributed by atoms with Crippen molar-refractivity contribution in [2.75, 3.05) is 0 Å². The van der Waals surface area contributed by atoms with Gasteiger partial charge < -0.3 is 4.43 Å². The average molecular weight is 126 g/mol. The van der Waals surface area contributed by atoms with E-state index in [4.69, 9.17) is 4.43 Å². The first-order chi connectivity index (χ1) is 3.91. The molecule has 44 valence electrons. The minimum Gasteiger partial charge on any atom is -0.558 e. The minimum atomic E-state index is 0.761. The van der Waals surface area contributed by atoms with Crippen LogP contribution in [0.2, 0.25) is 0 Å². The largest absolute Gasteiger partial charge is 0.558 e. The van der Waals surface area contributed by atoms with Crippen molar-refractivity contribution in [1.82, 2.24) is 0 Å². The quantitative estimate of drug-likeness (QED) is 0.305. The molecule has 0 aromatic carbocycles. The maximum atomic E-state index is 4.76. The standard InChI is InChI=1S/C6H10OSi/c1-2-3-4-5-6-7-8/h2-6H,1H2,8H3. The van der Waals surface area contributed by atoms with E-state index < -0.39 is 0 Å². The van der Waals surface area contributed by atoms with Gasteiger partial charge in [-0.3, -0.25) is 0 Å². The Labute approximate surface area is 52.9 Å². The second-order valence-electron chi connectivity index (χ2n) is 1.18. The van der Waals surface area contributed by atoms with Crippen molar-refractivity contribution in [1.29, 1.82) is 0 Å². The van der Waals surface area contributed by atoms with Crippen LogP contribution in [0, 0.1) is 0 Å². The Morgan fingerprint density at radius 2 is 2.00 bits per heavy atom. The van der Waals surface area contributed by atoms with Crippen LogP contribution >= 0.6 is 0 Å². The van der Waals surface area contributed by atoms with E-state index in [1.165, 1.54) is 0 Å². The predicted octanol–water partition coefficient (Wildman–Crippen LogP) is 0.539. The molecule has 0 bridgehead atoms. The monoisotopic (exact) mass is 126 g/mol. The van der Waals surface area contributed by atoms with Crippen molar-refractivity contribution in [3.8, 4) is 0 Å². The molecule has 0 saturated carbocycles. The number of hydrogen-bond acceptors (Lipinski definition) is 1. The molecule has 0 atom stereocenters. The summed E-state index contributed by atoms with van der Waals surface area (Å²) in [6.07, 6.45) is 8.92. The van der Waals surface area contributed by atoms with Crippen LogP contribution in [-0.2, 0) is 4.43 Å². The van der Waals surface area contributed by atoms with Gasteiger partial charge >= 0.3 is 0 Å². The fourth-order valence-corrected chi connectivity index (χ4v) is 0.424. The first-order valence-corrected chi connectivity index (χ1v) is 3.20. The van der Waals surface area contributed by atoms with Gasteiger partial charge in [0.25, 0.3) is 0 Å². The Morgan fingerprint density at radius 3 is 2.50 bits per heavy atom. The minimum absolute atomic E-state index is 0.761. The molecule has 0 aliphatic heterocycles. The molecule has 8 heavy (non-hydrogen) atoms. The molecule has 0 aliphatic carbocycles. The summed E-state index contributed by atoms with van der Waals surface area (Å²) in [6.45, 7) is 3.51. The molecule has 0 N–H and O–H groups in total. The van der Waals surface area contributed by atoms with Crippen LogP contribution in [0.4, 0.5) is 0 Å². The van der Waals surface area contributed by atoms with Crippen LogP contribution < -0.4 is 0 Å². The molecule has 0 aromatic heterocycles. The van der Waals surface area contributed by atoms with E-state index in [0.717, 1.165) is 10.5 Å². The summed E-state index contributed by atoms with van der Waals surface area (Å²) < 4.78 is 4.76. The molecule has 0 amide bonds. The Bertz CT molecular complexity index is 105. The van der Waals surface area contributed by atoms with E-state index in [0.29, 0.717) is 0 Å². The van der Waals surface area contributed by atoms with Crippen molar-refractivity contribution in [2.24, 2.45) is 0 Å². The summed E-state index contributed by atoms with van der Waals surface area (Å²) in [7, 11) is 0.761. The molecule has 0 radical (unpaired) electrons. The third kappa shape index (κ3) is 5.24. The Hall–Kier alpha value is -0.763. The molecule has 0 aromatic rings. The molecule has 0 heterocycles. The molecular weight excluding hydrogens is 116 g/mol. The molecule has 0 spiro atoms. The van der Waals surface area contributed by atoms with Gasteiger partial charge in [0.1, 0.15) is 0 Å². The second-order valence-corrected chi connectivity index (χ2v) is 1.66. The molecule has 2 heteroatoms. The highest BCUT2D eigenvalue weighted by molar-refractivity contribution is 5.98. The lowest BCUT2D eigenvalue weighted by Crippen LogP contribution is -1.63. The fourth-order valence-electron chi connectivity index (χ4n) is 0.267. The molecule has 0 saturated heterocycles. The average Bonchev–Trinajstić information content (AvgIpc) is 1.81. The maximum Gasteiger partial charge on any atom is 0.203 e. The van der Waals surface area contributed by atoms with E-state index in [-0.39, 0.29) is 0 Å². The SMILES string of the molecule is C=CC=CC=CO[SiH3]. The summed E-state index contributed by atoms with van der Waals surface area (Å²) in [6, 6.07) is 0. The summed E-state index contributed by atoms with van der Waals surface area (Å²) in [5.41, 5.74) is 0. The van der Waals surface area contributed by atoms with Crippen LogP contribution in [0.25, 0.3) is 0 Å². The highest BCUT2D eigenvalue weighted by atomic mass is 28.2. The zero-order valence-corrected chi connectivity index (χ0v) is 7.00. The zero-order chi connectivity index (χ0) is 6.24. The Morgan fingerprint density at radius 1 is 1.25 bits per heavy atom. The summed E-state index contributed by atoms with van der Waals surface area (Å²) in [5.74, 6) is 0. The van der Waals surface area contributed by atoms with E-state index in [2.05, 4.69) is 6.58 Å². The van der Waals surface area contributed by atoms with Crippen molar-refractivity contribution >= 4 is 10.5 Å². The Balaban J connectivity index is 3.26. The van der Waals surface area contributed by atoms with Crippen molar-refractivity contribution in [3.05, 3.63) is 37.1 Å². The van der Waals surface area contributed by atoms with Gasteiger partial charge in [-0.25, -0.2) is 0 Å². The van der Waals surface area contributed by atoms with Gasteiger partial charge in [0.2, 0.25) is 10.5 Å². The molecule has 1 nitrogen and oxygen atoms in total. The first-order valence-electron chi connectivity index (χ1n) is 2.39. The van der Waals surface area contributed by atoms with Gasteiger partial charge in [0.05, 0.1) is 6.26 Å².